The molecule has 0 saturated carbocycles. The average molecular weight is 308 g/mol. The zero-order valence-corrected chi connectivity index (χ0v) is 13.8. The first kappa shape index (κ1) is 13.5. The molecule has 0 atom stereocenters. The van der Waals surface area contributed by atoms with Crippen LogP contribution in [0.25, 0.3) is 31.8 Å². The summed E-state index contributed by atoms with van der Waals surface area (Å²) >= 11 is 1.75. The molecule has 0 spiro atoms. The van der Waals surface area contributed by atoms with Crippen molar-refractivity contribution in [3.63, 3.8) is 0 Å². The summed E-state index contributed by atoms with van der Waals surface area (Å²) in [7, 11) is 2.13. The second-order valence-corrected chi connectivity index (χ2v) is 6.57. The number of imidazole rings is 1. The van der Waals surface area contributed by atoms with Gasteiger partial charge in [0.2, 0.25) is 0 Å². The minimum absolute atomic E-state index is 0.990. The van der Waals surface area contributed by atoms with Crippen LogP contribution < -0.4 is 4.57 Å². The number of benzene rings is 2. The van der Waals surface area contributed by atoms with Crippen molar-refractivity contribution >= 4 is 32.6 Å². The molecule has 4 heteroatoms. The van der Waals surface area contributed by atoms with Crippen LogP contribution in [0.1, 0.15) is 12.7 Å². The predicted molar refractivity (Wildman–Crippen MR) is 92.1 cm³/mol. The third-order valence-electron chi connectivity index (χ3n) is 4.36. The highest BCUT2D eigenvalue weighted by atomic mass is 32.1. The molecule has 2 heterocycles. The molecule has 22 heavy (non-hydrogen) atoms. The summed E-state index contributed by atoms with van der Waals surface area (Å²) < 4.78 is 5.84. The third-order valence-corrected chi connectivity index (χ3v) is 5.45. The van der Waals surface area contributed by atoms with E-state index in [0.29, 0.717) is 0 Å². The molecule has 0 aliphatic heterocycles. The monoisotopic (exact) mass is 308 g/mol. The topological polar surface area (TPSA) is 21.7 Å². The van der Waals surface area contributed by atoms with Crippen LogP contribution in [0, 0.1) is 6.92 Å². The Morgan fingerprint density at radius 2 is 2.00 bits per heavy atom. The highest BCUT2D eigenvalue weighted by molar-refractivity contribution is 7.21. The number of nitrogens with zero attached hydrogens (tertiary/aromatic N) is 3. The minimum atomic E-state index is 0.990. The number of aryl methyl sites for hydroxylation is 2. The van der Waals surface area contributed by atoms with Gasteiger partial charge in [0.1, 0.15) is 5.01 Å². The van der Waals surface area contributed by atoms with E-state index >= 15 is 0 Å². The molecule has 0 aliphatic rings. The summed E-state index contributed by atoms with van der Waals surface area (Å²) in [5, 5.41) is 1.09. The van der Waals surface area contributed by atoms with Crippen molar-refractivity contribution in [3.05, 3.63) is 48.3 Å². The summed E-state index contributed by atoms with van der Waals surface area (Å²) in [6.07, 6.45) is 0. The van der Waals surface area contributed by atoms with E-state index in [1.807, 2.05) is 6.07 Å². The highest BCUT2D eigenvalue weighted by Crippen LogP contribution is 2.31. The lowest BCUT2D eigenvalue weighted by molar-refractivity contribution is -0.674. The predicted octanol–water partition coefficient (Wildman–Crippen LogP) is 4.07. The zero-order valence-electron chi connectivity index (χ0n) is 13.0. The van der Waals surface area contributed by atoms with Gasteiger partial charge in [-0.1, -0.05) is 12.1 Å². The van der Waals surface area contributed by atoms with Crippen LogP contribution in [0.15, 0.2) is 42.5 Å². The second-order valence-electron chi connectivity index (χ2n) is 5.54. The first-order valence-corrected chi connectivity index (χ1v) is 8.35. The number of aromatic nitrogens is 3. The van der Waals surface area contributed by atoms with Crippen molar-refractivity contribution < 1.29 is 4.57 Å². The van der Waals surface area contributed by atoms with E-state index in [1.54, 1.807) is 11.3 Å². The third kappa shape index (κ3) is 1.87. The molecule has 0 fully saturated rings. The van der Waals surface area contributed by atoms with Crippen LogP contribution in [-0.4, -0.2) is 9.55 Å². The van der Waals surface area contributed by atoms with E-state index in [4.69, 9.17) is 4.98 Å². The lowest BCUT2D eigenvalue weighted by Gasteiger charge is -1.96. The van der Waals surface area contributed by atoms with Gasteiger partial charge < -0.3 is 0 Å². The Kier molecular flexibility index (Phi) is 3.01. The molecule has 3 nitrogen and oxygen atoms in total. The summed E-state index contributed by atoms with van der Waals surface area (Å²) in [5.41, 5.74) is 4.82. The molecule has 0 unspecified atom stereocenters. The van der Waals surface area contributed by atoms with E-state index in [9.17, 15) is 0 Å². The number of fused-ring (bicyclic) bond motifs is 2. The standard InChI is InChI=1S/C18H18N3S/c1-4-21-12(2)20(3)16-11-13(9-10-15(16)21)18-19-14-7-5-6-8-17(14)22-18/h5-11H,4H2,1-3H3/q+1. The molecular weight excluding hydrogens is 290 g/mol. The maximum Gasteiger partial charge on any atom is 0.253 e. The largest absolute Gasteiger partial charge is 0.253 e. The Bertz CT molecular complexity index is 961. The van der Waals surface area contributed by atoms with Crippen LogP contribution in [0.5, 0.6) is 0 Å². The molecule has 110 valence electrons. The van der Waals surface area contributed by atoms with Gasteiger partial charge in [-0.3, -0.25) is 0 Å². The molecular formula is C18H18N3S+. The van der Waals surface area contributed by atoms with Crippen LogP contribution >= 0.6 is 11.3 Å². The Labute approximate surface area is 133 Å². The van der Waals surface area contributed by atoms with Gasteiger partial charge in [0.05, 0.1) is 23.8 Å². The zero-order chi connectivity index (χ0) is 15.3. The van der Waals surface area contributed by atoms with Crippen molar-refractivity contribution in [1.82, 2.24) is 9.55 Å². The van der Waals surface area contributed by atoms with Gasteiger partial charge in [-0.15, -0.1) is 11.3 Å². The van der Waals surface area contributed by atoms with E-state index in [-0.39, 0.29) is 0 Å². The quantitative estimate of drug-likeness (QED) is 0.512. The van der Waals surface area contributed by atoms with E-state index < -0.39 is 0 Å². The van der Waals surface area contributed by atoms with E-state index in [1.165, 1.54) is 27.1 Å². The molecule has 2 aromatic carbocycles. The van der Waals surface area contributed by atoms with Gasteiger partial charge in [-0.05, 0) is 37.3 Å². The summed E-state index contributed by atoms with van der Waals surface area (Å²) in [5.74, 6) is 1.28. The number of hydrogen-bond donors (Lipinski definition) is 0. The Balaban J connectivity index is 1.94. The minimum Gasteiger partial charge on any atom is -0.236 e. The maximum atomic E-state index is 4.77. The number of thiazole rings is 1. The highest BCUT2D eigenvalue weighted by Gasteiger charge is 2.19. The molecule has 4 aromatic rings. The molecule has 0 bridgehead atoms. The Morgan fingerprint density at radius 3 is 2.77 bits per heavy atom. The van der Waals surface area contributed by atoms with Gasteiger partial charge in [0.15, 0.2) is 11.0 Å². The van der Waals surface area contributed by atoms with Crippen LogP contribution in [0.3, 0.4) is 0 Å². The Hall–Kier alpha value is -2.20. The molecule has 0 N–H and O–H groups in total. The first-order chi connectivity index (χ1) is 10.7. The fourth-order valence-corrected chi connectivity index (χ4v) is 4.04. The second kappa shape index (κ2) is 4.92. The molecule has 4 rings (SSSR count). The smallest absolute Gasteiger partial charge is 0.236 e. The van der Waals surface area contributed by atoms with Crippen LogP contribution in [0.2, 0.25) is 0 Å². The average Bonchev–Trinajstić information content (AvgIpc) is 3.07. The fraction of sp³-hybridized carbons (Fsp3) is 0.222. The normalized spacial score (nSPS) is 11.6. The molecule has 0 radical (unpaired) electrons. The lowest BCUT2D eigenvalue weighted by atomic mass is 10.2. The number of rotatable bonds is 2. The van der Waals surface area contributed by atoms with Crippen LogP contribution in [0.4, 0.5) is 0 Å². The van der Waals surface area contributed by atoms with Gasteiger partial charge >= 0.3 is 0 Å². The summed E-state index contributed by atoms with van der Waals surface area (Å²) in [6.45, 7) is 5.35. The van der Waals surface area contributed by atoms with E-state index in [0.717, 1.165) is 17.1 Å². The van der Waals surface area contributed by atoms with Crippen molar-refractivity contribution in [2.24, 2.45) is 7.05 Å². The number of hydrogen-bond acceptors (Lipinski definition) is 2. The van der Waals surface area contributed by atoms with Gasteiger partial charge in [-0.25, -0.2) is 14.1 Å². The van der Waals surface area contributed by atoms with Gasteiger partial charge in [-0.2, -0.15) is 0 Å². The van der Waals surface area contributed by atoms with Crippen LogP contribution in [-0.2, 0) is 13.6 Å². The van der Waals surface area contributed by atoms with Crippen molar-refractivity contribution in [1.29, 1.82) is 0 Å². The van der Waals surface area contributed by atoms with Crippen molar-refractivity contribution in [3.8, 4) is 10.6 Å². The molecule has 0 saturated heterocycles. The first-order valence-electron chi connectivity index (χ1n) is 7.54. The summed E-state index contributed by atoms with van der Waals surface area (Å²) in [6, 6.07) is 15.0. The Morgan fingerprint density at radius 1 is 1.18 bits per heavy atom. The van der Waals surface area contributed by atoms with Gasteiger partial charge in [0, 0.05) is 12.5 Å². The molecule has 2 aromatic heterocycles. The summed E-state index contributed by atoms with van der Waals surface area (Å²) in [4.78, 5) is 4.77. The van der Waals surface area contributed by atoms with Gasteiger partial charge in [0.25, 0.3) is 5.82 Å². The SMILES string of the molecule is CC[n+]1c(C)n(C)c2cc(-c3nc4ccccc4s3)ccc21. The molecule has 0 aliphatic carbocycles. The number of para-hydroxylation sites is 1. The maximum absolute atomic E-state index is 4.77. The fourth-order valence-electron chi connectivity index (χ4n) is 3.08. The van der Waals surface area contributed by atoms with E-state index in [2.05, 4.69) is 66.4 Å². The van der Waals surface area contributed by atoms with Crippen molar-refractivity contribution in [2.75, 3.05) is 0 Å². The lowest BCUT2D eigenvalue weighted by Crippen LogP contribution is -2.34. The van der Waals surface area contributed by atoms with Crippen molar-refractivity contribution in [2.45, 2.75) is 20.4 Å². The molecule has 0 amide bonds.